The lowest BCUT2D eigenvalue weighted by atomic mass is 9.53. The Labute approximate surface area is 122 Å². The zero-order valence-corrected chi connectivity index (χ0v) is 12.3. The average Bonchev–Trinajstić information content (AvgIpc) is 2.72. The van der Waals surface area contributed by atoms with Gasteiger partial charge in [0.25, 0.3) is 0 Å². The summed E-state index contributed by atoms with van der Waals surface area (Å²) in [6.07, 6.45) is 8.18. The summed E-state index contributed by atoms with van der Waals surface area (Å²) < 4.78 is 0. The third kappa shape index (κ3) is 2.22. The van der Waals surface area contributed by atoms with Crippen molar-refractivity contribution in [2.45, 2.75) is 50.5 Å². The first-order valence-corrected chi connectivity index (χ1v) is 8.43. The maximum atomic E-state index is 10.7. The molecule has 0 amide bonds. The number of thiazole rings is 1. The van der Waals surface area contributed by atoms with E-state index in [9.17, 15) is 4.79 Å². The molecule has 4 bridgehead atoms. The van der Waals surface area contributed by atoms with Crippen LogP contribution in [-0.4, -0.2) is 21.6 Å². The molecule has 0 aliphatic heterocycles. The van der Waals surface area contributed by atoms with E-state index in [0.717, 1.165) is 22.9 Å². The van der Waals surface area contributed by atoms with Crippen LogP contribution in [0.3, 0.4) is 0 Å². The monoisotopic (exact) mass is 292 g/mol. The number of aliphatic carboxylic acids is 1. The van der Waals surface area contributed by atoms with Crippen LogP contribution in [0.25, 0.3) is 0 Å². The molecule has 0 saturated heterocycles. The van der Waals surface area contributed by atoms with Crippen molar-refractivity contribution in [1.82, 2.24) is 4.98 Å². The van der Waals surface area contributed by atoms with Crippen molar-refractivity contribution in [1.29, 1.82) is 0 Å². The summed E-state index contributed by atoms with van der Waals surface area (Å²) in [5.74, 6) is 1.92. The van der Waals surface area contributed by atoms with Crippen LogP contribution in [0.1, 0.15) is 44.2 Å². The fraction of sp³-hybridized carbons (Fsp3) is 0.733. The summed E-state index contributed by atoms with van der Waals surface area (Å²) in [6.45, 7) is 0. The molecule has 5 rings (SSSR count). The number of hydrogen-bond donors (Lipinski definition) is 2. The van der Waals surface area contributed by atoms with Gasteiger partial charge in [-0.3, -0.25) is 4.79 Å². The molecule has 1 aromatic heterocycles. The molecule has 0 spiro atoms. The molecule has 0 aromatic carbocycles. The minimum absolute atomic E-state index is 0.0268. The second-order valence-corrected chi connectivity index (χ2v) is 7.90. The smallest absolute Gasteiger partial charge is 0.309 e. The van der Waals surface area contributed by atoms with Gasteiger partial charge in [0.05, 0.1) is 12.1 Å². The molecule has 20 heavy (non-hydrogen) atoms. The largest absolute Gasteiger partial charge is 0.481 e. The second kappa shape index (κ2) is 4.45. The van der Waals surface area contributed by atoms with Crippen LogP contribution < -0.4 is 5.32 Å². The summed E-state index contributed by atoms with van der Waals surface area (Å²) in [5.41, 5.74) is 0.933. The molecule has 1 aromatic rings. The van der Waals surface area contributed by atoms with Crippen LogP contribution in [0.4, 0.5) is 5.13 Å². The quantitative estimate of drug-likeness (QED) is 0.895. The van der Waals surface area contributed by atoms with Gasteiger partial charge in [0, 0.05) is 10.9 Å². The van der Waals surface area contributed by atoms with E-state index in [0.29, 0.717) is 5.69 Å². The van der Waals surface area contributed by atoms with E-state index < -0.39 is 5.97 Å². The summed E-state index contributed by atoms with van der Waals surface area (Å²) >= 11 is 1.55. The van der Waals surface area contributed by atoms with Crippen molar-refractivity contribution in [3.8, 4) is 0 Å². The maximum absolute atomic E-state index is 10.7. The molecule has 4 fully saturated rings. The highest BCUT2D eigenvalue weighted by atomic mass is 32.1. The van der Waals surface area contributed by atoms with Crippen molar-refractivity contribution >= 4 is 22.4 Å². The minimum Gasteiger partial charge on any atom is -0.481 e. The van der Waals surface area contributed by atoms with Gasteiger partial charge in [-0.05, 0) is 56.3 Å². The van der Waals surface area contributed by atoms with Gasteiger partial charge in [-0.15, -0.1) is 11.3 Å². The van der Waals surface area contributed by atoms with Crippen LogP contribution in [0, 0.1) is 17.8 Å². The molecule has 5 heteroatoms. The first kappa shape index (κ1) is 12.6. The molecular weight excluding hydrogens is 272 g/mol. The number of anilines is 1. The molecule has 2 N–H and O–H groups in total. The molecule has 4 nitrogen and oxygen atoms in total. The first-order chi connectivity index (χ1) is 9.60. The maximum Gasteiger partial charge on any atom is 0.309 e. The fourth-order valence-corrected chi connectivity index (χ4v) is 5.92. The first-order valence-electron chi connectivity index (χ1n) is 7.55. The van der Waals surface area contributed by atoms with Gasteiger partial charge in [0.1, 0.15) is 0 Å². The van der Waals surface area contributed by atoms with Gasteiger partial charge < -0.3 is 10.4 Å². The lowest BCUT2D eigenvalue weighted by Crippen LogP contribution is -2.54. The van der Waals surface area contributed by atoms with Crippen molar-refractivity contribution < 1.29 is 9.90 Å². The molecule has 108 valence electrons. The molecule has 4 aliphatic rings. The summed E-state index contributed by atoms with van der Waals surface area (Å²) in [4.78, 5) is 15.2. The average molecular weight is 292 g/mol. The van der Waals surface area contributed by atoms with Crippen molar-refractivity contribution in [3.63, 3.8) is 0 Å². The Kier molecular flexibility index (Phi) is 2.81. The number of carbonyl (C=O) groups is 1. The van der Waals surface area contributed by atoms with E-state index in [1.807, 2.05) is 5.38 Å². The van der Waals surface area contributed by atoms with Gasteiger partial charge in [0.2, 0.25) is 0 Å². The van der Waals surface area contributed by atoms with Crippen LogP contribution in [0.5, 0.6) is 0 Å². The van der Waals surface area contributed by atoms with Crippen LogP contribution in [-0.2, 0) is 11.2 Å². The Morgan fingerprint density at radius 1 is 1.30 bits per heavy atom. The Bertz CT molecular complexity index is 504. The summed E-state index contributed by atoms with van der Waals surface area (Å²) in [6, 6.07) is 0. The van der Waals surface area contributed by atoms with E-state index in [1.165, 1.54) is 38.5 Å². The van der Waals surface area contributed by atoms with Gasteiger partial charge in [-0.2, -0.15) is 0 Å². The molecule has 4 aliphatic carbocycles. The standard InChI is InChI=1S/C15H20N2O2S/c18-13(19)4-12-8-20-14(16-12)17-15-5-9-1-10(6-15)3-11(2-9)7-15/h8-11H,1-7H2,(H,16,17)(H,18,19). The van der Waals surface area contributed by atoms with E-state index in [2.05, 4.69) is 10.3 Å². The zero-order chi connectivity index (χ0) is 13.7. The number of hydrogen-bond acceptors (Lipinski definition) is 4. The Morgan fingerprint density at radius 3 is 2.45 bits per heavy atom. The normalized spacial score (nSPS) is 38.1. The third-order valence-electron chi connectivity index (χ3n) is 5.29. The second-order valence-electron chi connectivity index (χ2n) is 7.04. The SMILES string of the molecule is O=C(O)Cc1csc(NC23CC4CC(CC(C4)C2)C3)n1. The van der Waals surface area contributed by atoms with E-state index >= 15 is 0 Å². The Morgan fingerprint density at radius 2 is 1.90 bits per heavy atom. The highest BCUT2D eigenvalue weighted by Gasteiger charge is 2.51. The Balaban J connectivity index is 1.51. The van der Waals surface area contributed by atoms with Crippen LogP contribution >= 0.6 is 11.3 Å². The fourth-order valence-electron chi connectivity index (χ4n) is 5.09. The minimum atomic E-state index is -0.809. The topological polar surface area (TPSA) is 62.2 Å². The highest BCUT2D eigenvalue weighted by molar-refractivity contribution is 7.13. The molecule has 0 radical (unpaired) electrons. The number of carboxylic acids is 1. The molecule has 1 heterocycles. The van der Waals surface area contributed by atoms with Crippen molar-refractivity contribution in [3.05, 3.63) is 11.1 Å². The molecule has 4 saturated carbocycles. The van der Waals surface area contributed by atoms with Crippen molar-refractivity contribution in [2.75, 3.05) is 5.32 Å². The Hall–Kier alpha value is -1.10. The highest BCUT2D eigenvalue weighted by Crippen LogP contribution is 2.56. The van der Waals surface area contributed by atoms with Gasteiger partial charge in [0.15, 0.2) is 5.13 Å². The number of rotatable bonds is 4. The van der Waals surface area contributed by atoms with Crippen molar-refractivity contribution in [2.24, 2.45) is 17.8 Å². The van der Waals surface area contributed by atoms with E-state index in [4.69, 9.17) is 5.11 Å². The van der Waals surface area contributed by atoms with Crippen LogP contribution in [0.15, 0.2) is 5.38 Å². The predicted molar refractivity (Wildman–Crippen MR) is 78.0 cm³/mol. The number of carboxylic acid groups (broad SMARTS) is 1. The van der Waals surface area contributed by atoms with Crippen LogP contribution in [0.2, 0.25) is 0 Å². The lowest BCUT2D eigenvalue weighted by molar-refractivity contribution is -0.136. The molecule has 0 unspecified atom stereocenters. The summed E-state index contributed by atoms with van der Waals surface area (Å²) in [7, 11) is 0. The lowest BCUT2D eigenvalue weighted by Gasteiger charge is -2.56. The predicted octanol–water partition coefficient (Wildman–Crippen LogP) is 3.15. The van der Waals surface area contributed by atoms with Gasteiger partial charge in [-0.1, -0.05) is 0 Å². The zero-order valence-electron chi connectivity index (χ0n) is 11.5. The molecular formula is C15H20N2O2S. The van der Waals surface area contributed by atoms with E-state index in [-0.39, 0.29) is 12.0 Å². The van der Waals surface area contributed by atoms with Gasteiger partial charge >= 0.3 is 5.97 Å². The molecule has 0 atom stereocenters. The number of nitrogens with zero attached hydrogens (tertiary/aromatic N) is 1. The van der Waals surface area contributed by atoms with Gasteiger partial charge in [-0.25, -0.2) is 4.98 Å². The van der Waals surface area contributed by atoms with E-state index in [1.54, 1.807) is 11.3 Å². The number of aromatic nitrogens is 1. The third-order valence-corrected chi connectivity index (χ3v) is 6.10. The summed E-state index contributed by atoms with van der Waals surface area (Å²) in [5, 5.41) is 15.3. The number of nitrogens with one attached hydrogen (secondary N) is 1.